The molecule has 1 aromatic rings. The summed E-state index contributed by atoms with van der Waals surface area (Å²) < 4.78 is 17.6. The second-order valence-corrected chi connectivity index (χ2v) is 8.24. The maximum atomic E-state index is 11.9. The minimum absolute atomic E-state index is 0.113. The van der Waals surface area contributed by atoms with Gasteiger partial charge in [-0.15, -0.1) is 0 Å². The average Bonchev–Trinajstić information content (AvgIpc) is 2.96. The summed E-state index contributed by atoms with van der Waals surface area (Å²) >= 11 is 0. The average molecular weight is 344 g/mol. The van der Waals surface area contributed by atoms with Crippen molar-refractivity contribution < 1.29 is 18.8 Å². The summed E-state index contributed by atoms with van der Waals surface area (Å²) in [5.74, 6) is 0.119. The van der Waals surface area contributed by atoms with E-state index < -0.39 is 0 Å². The predicted octanol–water partition coefficient (Wildman–Crippen LogP) is 3.28. The molecule has 0 N–H and O–H groups in total. The third-order valence-corrected chi connectivity index (χ3v) is 5.96. The highest BCUT2D eigenvalue weighted by atomic mass is 16.7. The van der Waals surface area contributed by atoms with Crippen LogP contribution in [-0.4, -0.2) is 30.9 Å². The number of carbonyl (C=O) groups is 1. The van der Waals surface area contributed by atoms with Crippen LogP contribution in [0.3, 0.4) is 0 Å². The van der Waals surface area contributed by atoms with Crippen LogP contribution in [0.25, 0.3) is 0 Å². The molecule has 0 aromatic heterocycles. The van der Waals surface area contributed by atoms with E-state index in [1.165, 1.54) is 16.7 Å². The van der Waals surface area contributed by atoms with Crippen molar-refractivity contribution in [2.75, 3.05) is 6.61 Å². The van der Waals surface area contributed by atoms with Crippen molar-refractivity contribution >= 4 is 18.6 Å². The molecule has 136 valence electrons. The lowest BCUT2D eigenvalue weighted by atomic mass is 9.74. The zero-order valence-electron chi connectivity index (χ0n) is 16.3. The number of benzene rings is 1. The van der Waals surface area contributed by atoms with E-state index in [1.807, 2.05) is 6.92 Å². The molecule has 3 rings (SSSR count). The lowest BCUT2D eigenvalue weighted by molar-refractivity contribution is -0.143. The monoisotopic (exact) mass is 344 g/mol. The van der Waals surface area contributed by atoms with Crippen LogP contribution < -0.4 is 5.46 Å². The summed E-state index contributed by atoms with van der Waals surface area (Å²) in [6.45, 7) is 12.7. The number of ether oxygens (including phenoxy) is 1. The summed E-state index contributed by atoms with van der Waals surface area (Å²) in [5, 5.41) is 0. The molecule has 1 atom stereocenters. The topological polar surface area (TPSA) is 44.8 Å². The van der Waals surface area contributed by atoms with Gasteiger partial charge >= 0.3 is 13.1 Å². The van der Waals surface area contributed by atoms with E-state index in [1.54, 1.807) is 0 Å². The molecule has 1 aliphatic carbocycles. The molecule has 0 amide bonds. The van der Waals surface area contributed by atoms with Crippen LogP contribution in [-0.2, 0) is 25.3 Å². The lowest BCUT2D eigenvalue weighted by Crippen LogP contribution is -2.41. The van der Waals surface area contributed by atoms with Gasteiger partial charge in [-0.25, -0.2) is 0 Å². The third kappa shape index (κ3) is 3.36. The number of hydrogen-bond donors (Lipinski definition) is 0. The van der Waals surface area contributed by atoms with Crippen LogP contribution in [0.1, 0.15) is 70.1 Å². The van der Waals surface area contributed by atoms with Crippen molar-refractivity contribution in [1.82, 2.24) is 0 Å². The Bertz CT molecular complexity index is 665. The first-order valence-electron chi connectivity index (χ1n) is 9.29. The van der Waals surface area contributed by atoms with Crippen LogP contribution in [0.15, 0.2) is 12.1 Å². The molecule has 5 heteroatoms. The van der Waals surface area contributed by atoms with E-state index in [-0.39, 0.29) is 30.2 Å². The smallest absolute Gasteiger partial charge is 0.466 e. The fraction of sp³-hybridized carbons (Fsp3) is 0.650. The van der Waals surface area contributed by atoms with Crippen molar-refractivity contribution in [1.29, 1.82) is 0 Å². The molecule has 0 spiro atoms. The van der Waals surface area contributed by atoms with E-state index in [0.717, 1.165) is 18.3 Å². The quantitative estimate of drug-likeness (QED) is 0.621. The highest BCUT2D eigenvalue weighted by Gasteiger charge is 2.52. The summed E-state index contributed by atoms with van der Waals surface area (Å²) in [6.07, 6.45) is 2.47. The number of hydrogen-bond acceptors (Lipinski definition) is 4. The molecule has 1 aromatic carbocycles. The second-order valence-electron chi connectivity index (χ2n) is 8.24. The van der Waals surface area contributed by atoms with Gasteiger partial charge in [0.05, 0.1) is 24.2 Å². The number of aryl methyl sites for hydroxylation is 2. The van der Waals surface area contributed by atoms with Gasteiger partial charge in [0.2, 0.25) is 0 Å². The molecule has 1 unspecified atom stereocenters. The largest absolute Gasteiger partial charge is 0.495 e. The van der Waals surface area contributed by atoms with Gasteiger partial charge in [0, 0.05) is 0 Å². The van der Waals surface area contributed by atoms with Gasteiger partial charge in [0.25, 0.3) is 0 Å². The summed E-state index contributed by atoms with van der Waals surface area (Å²) in [5.41, 5.74) is 4.15. The number of fused-ring (bicyclic) bond motifs is 1. The highest BCUT2D eigenvalue weighted by Crippen LogP contribution is 2.39. The minimum atomic E-state index is -0.362. The Balaban J connectivity index is 1.87. The van der Waals surface area contributed by atoms with Crippen LogP contribution in [0.2, 0.25) is 0 Å². The van der Waals surface area contributed by atoms with Crippen molar-refractivity contribution in [3.05, 3.63) is 28.8 Å². The maximum absolute atomic E-state index is 11.9. The fourth-order valence-electron chi connectivity index (χ4n) is 3.74. The molecule has 1 saturated heterocycles. The molecule has 1 heterocycles. The Morgan fingerprint density at radius 1 is 1.24 bits per heavy atom. The molecule has 2 aliphatic rings. The molecule has 1 fully saturated rings. The van der Waals surface area contributed by atoms with E-state index in [4.69, 9.17) is 14.0 Å². The number of carbonyl (C=O) groups excluding carboxylic acids is 1. The summed E-state index contributed by atoms with van der Waals surface area (Å²) in [7, 11) is -0.362. The number of esters is 1. The molecule has 4 nitrogen and oxygen atoms in total. The highest BCUT2D eigenvalue weighted by molar-refractivity contribution is 6.62. The van der Waals surface area contributed by atoms with Crippen molar-refractivity contribution in [2.45, 2.75) is 77.9 Å². The standard InChI is InChI=1S/C20H29BO4/c1-7-23-18(22)11-15-9-8-14-10-13(2)17(12-16(14)15)21-24-19(3,4)20(5,6)25-21/h10,12,15H,7-9,11H2,1-6H3. The van der Waals surface area contributed by atoms with E-state index in [9.17, 15) is 4.79 Å². The van der Waals surface area contributed by atoms with Gasteiger partial charge in [-0.2, -0.15) is 0 Å². The molecule has 0 radical (unpaired) electrons. The first kappa shape index (κ1) is 18.5. The first-order chi connectivity index (χ1) is 11.6. The van der Waals surface area contributed by atoms with Gasteiger partial charge in [-0.05, 0) is 76.9 Å². The molecule has 0 bridgehead atoms. The molecular weight excluding hydrogens is 315 g/mol. The Hall–Kier alpha value is -1.33. The Morgan fingerprint density at radius 2 is 1.88 bits per heavy atom. The van der Waals surface area contributed by atoms with Crippen molar-refractivity contribution in [3.63, 3.8) is 0 Å². The Morgan fingerprint density at radius 3 is 2.48 bits per heavy atom. The van der Waals surface area contributed by atoms with Gasteiger partial charge in [-0.1, -0.05) is 17.7 Å². The second kappa shape index (κ2) is 6.44. The zero-order valence-corrected chi connectivity index (χ0v) is 16.3. The number of rotatable bonds is 4. The Kier molecular flexibility index (Phi) is 4.76. The molecule has 1 aliphatic heterocycles. The van der Waals surface area contributed by atoms with Gasteiger partial charge in [-0.3, -0.25) is 4.79 Å². The van der Waals surface area contributed by atoms with E-state index >= 15 is 0 Å². The van der Waals surface area contributed by atoms with Crippen LogP contribution in [0, 0.1) is 6.92 Å². The zero-order chi connectivity index (χ0) is 18.4. The summed E-state index contributed by atoms with van der Waals surface area (Å²) in [6, 6.07) is 4.44. The molecule has 0 saturated carbocycles. The minimum Gasteiger partial charge on any atom is -0.466 e. The molecular formula is C20H29BO4. The summed E-state index contributed by atoms with van der Waals surface area (Å²) in [4.78, 5) is 11.9. The molecule has 25 heavy (non-hydrogen) atoms. The lowest BCUT2D eigenvalue weighted by Gasteiger charge is -2.32. The SMILES string of the molecule is CCOC(=O)CC1CCc2cc(C)c(B3OC(C)(C)C(C)(C)O3)cc21. The normalized spacial score (nSPS) is 23.6. The predicted molar refractivity (Wildman–Crippen MR) is 99.2 cm³/mol. The van der Waals surface area contributed by atoms with Crippen LogP contribution in [0.4, 0.5) is 0 Å². The maximum Gasteiger partial charge on any atom is 0.495 e. The van der Waals surface area contributed by atoms with Gasteiger partial charge < -0.3 is 14.0 Å². The Labute approximate surface area is 151 Å². The third-order valence-electron chi connectivity index (χ3n) is 5.96. The van der Waals surface area contributed by atoms with Crippen LogP contribution >= 0.6 is 0 Å². The van der Waals surface area contributed by atoms with Crippen molar-refractivity contribution in [2.24, 2.45) is 0 Å². The van der Waals surface area contributed by atoms with Gasteiger partial charge in [0.15, 0.2) is 0 Å². The fourth-order valence-corrected chi connectivity index (χ4v) is 3.74. The van der Waals surface area contributed by atoms with Crippen LogP contribution in [0.5, 0.6) is 0 Å². The first-order valence-corrected chi connectivity index (χ1v) is 9.29. The van der Waals surface area contributed by atoms with E-state index in [2.05, 4.69) is 46.8 Å². The van der Waals surface area contributed by atoms with Gasteiger partial charge in [0.1, 0.15) is 0 Å². The van der Waals surface area contributed by atoms with E-state index in [0.29, 0.717) is 13.0 Å². The van der Waals surface area contributed by atoms with Crippen molar-refractivity contribution in [3.8, 4) is 0 Å².